The lowest BCUT2D eigenvalue weighted by Gasteiger charge is -2.10. The molecule has 0 spiro atoms. The van der Waals surface area contributed by atoms with E-state index < -0.39 is 5.91 Å². The van der Waals surface area contributed by atoms with Gasteiger partial charge in [-0.3, -0.25) is 4.79 Å². The van der Waals surface area contributed by atoms with Crippen molar-refractivity contribution in [3.05, 3.63) is 47.0 Å². The molecule has 0 aliphatic rings. The number of anilines is 2. The van der Waals surface area contributed by atoms with E-state index in [1.165, 1.54) is 12.1 Å². The fourth-order valence-corrected chi connectivity index (χ4v) is 1.79. The number of phenols is 2. The minimum atomic E-state index is -0.572. The van der Waals surface area contributed by atoms with Crippen molar-refractivity contribution >= 4 is 28.9 Å². The third kappa shape index (κ3) is 2.71. The fourth-order valence-electron chi connectivity index (χ4n) is 1.57. The van der Waals surface area contributed by atoms with Crippen molar-refractivity contribution in [2.75, 3.05) is 11.1 Å². The summed E-state index contributed by atoms with van der Waals surface area (Å²) in [6.45, 7) is 0. The van der Waals surface area contributed by atoms with E-state index in [9.17, 15) is 9.90 Å². The molecule has 2 aromatic carbocycles. The number of phenolic OH excluding ortho intramolecular Hbond substituents is 2. The first-order chi connectivity index (χ1) is 8.99. The molecule has 0 aromatic heterocycles. The van der Waals surface area contributed by atoms with Crippen LogP contribution in [0.15, 0.2) is 36.4 Å². The summed E-state index contributed by atoms with van der Waals surface area (Å²) < 4.78 is 0. The normalized spacial score (nSPS) is 10.2. The molecule has 0 saturated heterocycles. The Balaban J connectivity index is 2.31. The van der Waals surface area contributed by atoms with E-state index in [0.29, 0.717) is 10.7 Å². The average Bonchev–Trinajstić information content (AvgIpc) is 2.33. The van der Waals surface area contributed by atoms with Gasteiger partial charge in [-0.25, -0.2) is 0 Å². The number of nitrogen functional groups attached to an aromatic ring is 1. The van der Waals surface area contributed by atoms with Crippen molar-refractivity contribution in [2.24, 2.45) is 0 Å². The van der Waals surface area contributed by atoms with Crippen LogP contribution < -0.4 is 11.1 Å². The first kappa shape index (κ1) is 13.0. The van der Waals surface area contributed by atoms with Crippen LogP contribution in [0.1, 0.15) is 10.4 Å². The Kier molecular flexibility index (Phi) is 3.48. The maximum absolute atomic E-state index is 12.0. The van der Waals surface area contributed by atoms with Gasteiger partial charge in [0, 0.05) is 6.07 Å². The molecule has 0 saturated carbocycles. The van der Waals surface area contributed by atoms with E-state index in [1.54, 1.807) is 18.2 Å². The summed E-state index contributed by atoms with van der Waals surface area (Å²) in [5.74, 6) is -1.04. The highest BCUT2D eigenvalue weighted by Crippen LogP contribution is 2.29. The van der Waals surface area contributed by atoms with Crippen molar-refractivity contribution in [3.8, 4) is 11.5 Å². The number of aromatic hydroxyl groups is 2. The zero-order chi connectivity index (χ0) is 14.0. The quantitative estimate of drug-likeness (QED) is 0.635. The van der Waals surface area contributed by atoms with Crippen molar-refractivity contribution in [1.29, 1.82) is 0 Å². The number of amides is 1. The Morgan fingerprint density at radius 3 is 2.58 bits per heavy atom. The van der Waals surface area contributed by atoms with E-state index in [-0.39, 0.29) is 22.7 Å². The van der Waals surface area contributed by atoms with Gasteiger partial charge in [0.05, 0.1) is 22.0 Å². The van der Waals surface area contributed by atoms with Gasteiger partial charge in [-0.15, -0.1) is 0 Å². The molecule has 5 N–H and O–H groups in total. The Hall–Kier alpha value is -2.40. The lowest BCUT2D eigenvalue weighted by molar-refractivity contribution is 0.102. The van der Waals surface area contributed by atoms with Crippen LogP contribution in [-0.4, -0.2) is 16.1 Å². The van der Waals surface area contributed by atoms with E-state index in [1.807, 2.05) is 0 Å². The predicted molar refractivity (Wildman–Crippen MR) is 73.6 cm³/mol. The summed E-state index contributed by atoms with van der Waals surface area (Å²) in [6, 6.07) is 8.51. The third-order valence-corrected chi connectivity index (χ3v) is 2.83. The smallest absolute Gasteiger partial charge is 0.259 e. The van der Waals surface area contributed by atoms with Crippen LogP contribution in [0, 0.1) is 0 Å². The van der Waals surface area contributed by atoms with Crippen LogP contribution in [0.2, 0.25) is 5.02 Å². The first-order valence-electron chi connectivity index (χ1n) is 5.36. The minimum Gasteiger partial charge on any atom is -0.508 e. The second-order valence-corrected chi connectivity index (χ2v) is 4.27. The molecule has 2 aromatic rings. The van der Waals surface area contributed by atoms with Gasteiger partial charge in [-0.2, -0.15) is 0 Å². The van der Waals surface area contributed by atoms with Gasteiger partial charge in [-0.05, 0) is 24.3 Å². The van der Waals surface area contributed by atoms with E-state index >= 15 is 0 Å². The lowest BCUT2D eigenvalue weighted by atomic mass is 10.1. The molecule has 5 nitrogen and oxygen atoms in total. The van der Waals surface area contributed by atoms with Crippen LogP contribution >= 0.6 is 11.6 Å². The number of halogens is 1. The first-order valence-corrected chi connectivity index (χ1v) is 5.74. The molecule has 2 rings (SSSR count). The fraction of sp³-hybridized carbons (Fsp3) is 0. The summed E-state index contributed by atoms with van der Waals surface area (Å²) in [7, 11) is 0. The average molecular weight is 279 g/mol. The Labute approximate surface area is 114 Å². The standard InChI is InChI=1S/C13H11ClN2O3/c14-9-2-1-3-10(15)12(9)16-13(19)8-5-4-7(17)6-11(8)18/h1-6,17-18H,15H2,(H,16,19). The largest absolute Gasteiger partial charge is 0.508 e. The molecule has 0 aliphatic carbocycles. The van der Waals surface area contributed by atoms with E-state index in [0.717, 1.165) is 6.07 Å². The lowest BCUT2D eigenvalue weighted by Crippen LogP contribution is -2.13. The number of carbonyl (C=O) groups excluding carboxylic acids is 1. The van der Waals surface area contributed by atoms with Gasteiger partial charge in [-0.1, -0.05) is 17.7 Å². The van der Waals surface area contributed by atoms with Gasteiger partial charge in [0.25, 0.3) is 5.91 Å². The molecule has 0 radical (unpaired) electrons. The molecule has 0 aliphatic heterocycles. The highest BCUT2D eigenvalue weighted by molar-refractivity contribution is 6.34. The second kappa shape index (κ2) is 5.07. The highest BCUT2D eigenvalue weighted by Gasteiger charge is 2.14. The third-order valence-electron chi connectivity index (χ3n) is 2.51. The number of carbonyl (C=O) groups is 1. The van der Waals surface area contributed by atoms with Crippen LogP contribution in [-0.2, 0) is 0 Å². The number of hydrogen-bond donors (Lipinski definition) is 4. The molecule has 0 bridgehead atoms. The second-order valence-electron chi connectivity index (χ2n) is 3.86. The number of nitrogens with one attached hydrogen (secondary N) is 1. The minimum absolute atomic E-state index is 0.0112. The van der Waals surface area contributed by atoms with Crippen LogP contribution in [0.4, 0.5) is 11.4 Å². The number of para-hydroxylation sites is 1. The maximum Gasteiger partial charge on any atom is 0.259 e. The molecular formula is C13H11ClN2O3. The zero-order valence-electron chi connectivity index (χ0n) is 9.72. The van der Waals surface area contributed by atoms with Gasteiger partial charge in [0.2, 0.25) is 0 Å². The number of rotatable bonds is 2. The maximum atomic E-state index is 12.0. The van der Waals surface area contributed by atoms with Gasteiger partial charge in [0.1, 0.15) is 11.5 Å². The molecule has 19 heavy (non-hydrogen) atoms. The summed E-state index contributed by atoms with van der Waals surface area (Å²) in [4.78, 5) is 12.0. The van der Waals surface area contributed by atoms with Crippen LogP contribution in [0.3, 0.4) is 0 Å². The molecule has 0 atom stereocenters. The SMILES string of the molecule is Nc1cccc(Cl)c1NC(=O)c1ccc(O)cc1O. The van der Waals surface area contributed by atoms with Crippen LogP contribution in [0.25, 0.3) is 0 Å². The zero-order valence-corrected chi connectivity index (χ0v) is 10.5. The highest BCUT2D eigenvalue weighted by atomic mass is 35.5. The van der Waals surface area contributed by atoms with Crippen molar-refractivity contribution in [3.63, 3.8) is 0 Å². The molecular weight excluding hydrogens is 268 g/mol. The molecule has 98 valence electrons. The molecule has 0 heterocycles. The monoisotopic (exact) mass is 278 g/mol. The summed E-state index contributed by atoms with van der Waals surface area (Å²) in [5, 5.41) is 21.6. The summed E-state index contributed by atoms with van der Waals surface area (Å²) >= 11 is 5.93. The molecule has 6 heteroatoms. The van der Waals surface area contributed by atoms with E-state index in [2.05, 4.69) is 5.32 Å². The Morgan fingerprint density at radius 1 is 1.21 bits per heavy atom. The van der Waals surface area contributed by atoms with Crippen molar-refractivity contribution < 1.29 is 15.0 Å². The number of hydrogen-bond acceptors (Lipinski definition) is 4. The topological polar surface area (TPSA) is 95.6 Å². The Morgan fingerprint density at radius 2 is 1.95 bits per heavy atom. The summed E-state index contributed by atoms with van der Waals surface area (Å²) in [6.07, 6.45) is 0. The Bertz CT molecular complexity index is 624. The number of nitrogens with two attached hydrogens (primary N) is 1. The molecule has 0 unspecified atom stereocenters. The summed E-state index contributed by atoms with van der Waals surface area (Å²) in [5.41, 5.74) is 6.32. The van der Waals surface area contributed by atoms with Crippen molar-refractivity contribution in [2.45, 2.75) is 0 Å². The van der Waals surface area contributed by atoms with Gasteiger partial charge in [0.15, 0.2) is 0 Å². The van der Waals surface area contributed by atoms with Gasteiger partial charge < -0.3 is 21.3 Å². The van der Waals surface area contributed by atoms with Crippen molar-refractivity contribution in [1.82, 2.24) is 0 Å². The molecule has 1 amide bonds. The predicted octanol–water partition coefficient (Wildman–Crippen LogP) is 2.59. The van der Waals surface area contributed by atoms with E-state index in [4.69, 9.17) is 22.4 Å². The number of benzene rings is 2. The van der Waals surface area contributed by atoms with Gasteiger partial charge >= 0.3 is 0 Å². The van der Waals surface area contributed by atoms with Crippen LogP contribution in [0.5, 0.6) is 11.5 Å². The molecule has 0 fully saturated rings.